The standard InChI is InChI=1S/C19H15N5O3/c20-18-21-15(14-16(22-18)23-19(26)24-17(14)25)12-7-4-8-13(9-12)27-10-11-5-2-1-3-6-11/h1-9H,10H2,(H4,20,21,22,23,24,25,26). The summed E-state index contributed by atoms with van der Waals surface area (Å²) in [5.41, 5.74) is 0.664. The van der Waals surface area contributed by atoms with Gasteiger partial charge in [-0.2, -0.15) is 0 Å². The molecule has 4 rings (SSSR count). The number of ether oxygens (including phenoxy) is 1. The molecule has 2 aromatic carbocycles. The van der Waals surface area contributed by atoms with Gasteiger partial charge in [0.2, 0.25) is 5.62 Å². The number of rotatable bonds is 4. The topological polar surface area (TPSA) is 127 Å². The van der Waals surface area contributed by atoms with E-state index in [-0.39, 0.29) is 22.3 Å². The molecule has 0 amide bonds. The summed E-state index contributed by atoms with van der Waals surface area (Å²) in [6.45, 7) is 0.401. The first-order valence-corrected chi connectivity index (χ1v) is 8.18. The molecule has 0 radical (unpaired) electrons. The Bertz CT molecular complexity index is 1280. The van der Waals surface area contributed by atoms with E-state index in [0.717, 1.165) is 5.56 Å². The molecule has 4 N–H and O–H groups in total. The number of hydrogen-bond acceptors (Lipinski definition) is 5. The second kappa shape index (κ2) is 6.75. The number of H-pyrrole nitrogens is 3. The number of nitrogens with zero attached hydrogens (tertiary/aromatic N) is 1. The van der Waals surface area contributed by atoms with Crippen molar-refractivity contribution in [1.29, 1.82) is 5.41 Å². The second-order valence-electron chi connectivity index (χ2n) is 5.89. The summed E-state index contributed by atoms with van der Waals surface area (Å²) >= 11 is 0. The smallest absolute Gasteiger partial charge is 0.327 e. The van der Waals surface area contributed by atoms with E-state index in [1.807, 2.05) is 30.3 Å². The molecule has 2 aromatic heterocycles. The number of fused-ring (bicyclic) bond motifs is 1. The maximum Gasteiger partial charge on any atom is 0.327 e. The van der Waals surface area contributed by atoms with Crippen molar-refractivity contribution in [3.8, 4) is 17.0 Å². The number of hydrogen-bond donors (Lipinski definition) is 4. The van der Waals surface area contributed by atoms with Crippen LogP contribution in [0.2, 0.25) is 0 Å². The van der Waals surface area contributed by atoms with Crippen LogP contribution in [-0.4, -0.2) is 19.9 Å². The van der Waals surface area contributed by atoms with Crippen LogP contribution in [0.4, 0.5) is 0 Å². The highest BCUT2D eigenvalue weighted by molar-refractivity contribution is 5.89. The second-order valence-corrected chi connectivity index (χ2v) is 5.89. The third-order valence-corrected chi connectivity index (χ3v) is 4.00. The molecule has 8 nitrogen and oxygen atoms in total. The Labute approximate surface area is 152 Å². The van der Waals surface area contributed by atoms with Crippen molar-refractivity contribution in [1.82, 2.24) is 19.9 Å². The van der Waals surface area contributed by atoms with Crippen LogP contribution in [0, 0.1) is 5.41 Å². The maximum atomic E-state index is 12.3. The van der Waals surface area contributed by atoms with Gasteiger partial charge in [0.25, 0.3) is 5.56 Å². The Morgan fingerprint density at radius 3 is 2.59 bits per heavy atom. The number of aromatic amines is 3. The summed E-state index contributed by atoms with van der Waals surface area (Å²) in [5, 5.41) is 8.00. The lowest BCUT2D eigenvalue weighted by Gasteiger charge is -2.09. The van der Waals surface area contributed by atoms with Crippen molar-refractivity contribution in [2.75, 3.05) is 0 Å². The summed E-state index contributed by atoms with van der Waals surface area (Å²) in [5.74, 6) is 0.603. The Kier molecular flexibility index (Phi) is 4.13. The third-order valence-electron chi connectivity index (χ3n) is 4.00. The first kappa shape index (κ1) is 16.5. The number of benzene rings is 2. The first-order valence-electron chi connectivity index (χ1n) is 8.18. The fourth-order valence-electron chi connectivity index (χ4n) is 2.80. The van der Waals surface area contributed by atoms with Crippen LogP contribution < -0.4 is 21.6 Å². The van der Waals surface area contributed by atoms with E-state index in [9.17, 15) is 9.59 Å². The van der Waals surface area contributed by atoms with Crippen LogP contribution >= 0.6 is 0 Å². The average Bonchev–Trinajstić information content (AvgIpc) is 2.66. The Morgan fingerprint density at radius 1 is 0.963 bits per heavy atom. The van der Waals surface area contributed by atoms with Crippen molar-refractivity contribution < 1.29 is 4.74 Å². The lowest BCUT2D eigenvalue weighted by molar-refractivity contribution is 0.306. The molecule has 0 atom stereocenters. The molecule has 4 aromatic rings. The average molecular weight is 361 g/mol. The van der Waals surface area contributed by atoms with Gasteiger partial charge in [0.15, 0.2) is 0 Å². The summed E-state index contributed by atoms with van der Waals surface area (Å²) in [7, 11) is 0. The zero-order valence-electron chi connectivity index (χ0n) is 14.1. The summed E-state index contributed by atoms with van der Waals surface area (Å²) in [6, 6.07) is 16.8. The lowest BCUT2D eigenvalue weighted by atomic mass is 10.1. The minimum atomic E-state index is -0.653. The molecule has 0 aliphatic carbocycles. The fourth-order valence-corrected chi connectivity index (χ4v) is 2.80. The zero-order chi connectivity index (χ0) is 18.8. The molecule has 0 aliphatic rings. The molecule has 0 spiro atoms. The van der Waals surface area contributed by atoms with E-state index < -0.39 is 11.2 Å². The van der Waals surface area contributed by atoms with Crippen molar-refractivity contribution in [3.63, 3.8) is 0 Å². The summed E-state index contributed by atoms with van der Waals surface area (Å²) < 4.78 is 5.82. The number of aromatic nitrogens is 4. The van der Waals surface area contributed by atoms with E-state index in [1.54, 1.807) is 24.3 Å². The molecule has 2 heterocycles. The molecule has 134 valence electrons. The maximum absolute atomic E-state index is 12.3. The Morgan fingerprint density at radius 2 is 1.78 bits per heavy atom. The number of nitrogens with one attached hydrogen (secondary N) is 4. The molecular weight excluding hydrogens is 346 g/mol. The van der Waals surface area contributed by atoms with Gasteiger partial charge in [0.05, 0.1) is 5.69 Å². The predicted octanol–water partition coefficient (Wildman–Crippen LogP) is 1.66. The van der Waals surface area contributed by atoms with Gasteiger partial charge in [-0.1, -0.05) is 42.5 Å². The fraction of sp³-hybridized carbons (Fsp3) is 0.0526. The monoisotopic (exact) mass is 361 g/mol. The van der Waals surface area contributed by atoms with Crippen molar-refractivity contribution in [2.24, 2.45) is 0 Å². The molecule has 0 saturated carbocycles. The van der Waals surface area contributed by atoms with Crippen molar-refractivity contribution in [3.05, 3.63) is 86.6 Å². The van der Waals surface area contributed by atoms with Gasteiger partial charge in [-0.05, 0) is 17.7 Å². The van der Waals surface area contributed by atoms with Crippen LogP contribution in [0.15, 0.2) is 64.2 Å². The van der Waals surface area contributed by atoms with Crippen LogP contribution in [0.25, 0.3) is 22.3 Å². The van der Waals surface area contributed by atoms with Crippen LogP contribution in [0.5, 0.6) is 5.75 Å². The third kappa shape index (κ3) is 3.40. The molecular formula is C19H15N5O3. The van der Waals surface area contributed by atoms with Gasteiger partial charge >= 0.3 is 5.69 Å². The highest BCUT2D eigenvalue weighted by Gasteiger charge is 2.12. The Hall–Kier alpha value is -3.94. The minimum Gasteiger partial charge on any atom is -0.489 e. The molecule has 0 fully saturated rings. The summed E-state index contributed by atoms with van der Waals surface area (Å²) in [6.07, 6.45) is 0. The van der Waals surface area contributed by atoms with E-state index >= 15 is 0 Å². The van der Waals surface area contributed by atoms with Crippen LogP contribution in [0.1, 0.15) is 5.56 Å². The zero-order valence-corrected chi connectivity index (χ0v) is 14.1. The van der Waals surface area contributed by atoms with Crippen LogP contribution in [0.3, 0.4) is 0 Å². The highest BCUT2D eigenvalue weighted by Crippen LogP contribution is 2.25. The molecule has 0 bridgehead atoms. The van der Waals surface area contributed by atoms with Gasteiger partial charge in [0, 0.05) is 5.56 Å². The van der Waals surface area contributed by atoms with Gasteiger partial charge < -0.3 is 9.72 Å². The minimum absolute atomic E-state index is 0.148. The van der Waals surface area contributed by atoms with Gasteiger partial charge in [-0.3, -0.25) is 20.2 Å². The van der Waals surface area contributed by atoms with Gasteiger partial charge in [0.1, 0.15) is 23.4 Å². The van der Waals surface area contributed by atoms with Gasteiger partial charge in [-0.25, -0.2) is 9.78 Å². The highest BCUT2D eigenvalue weighted by atomic mass is 16.5. The van der Waals surface area contributed by atoms with E-state index in [4.69, 9.17) is 10.1 Å². The Balaban J connectivity index is 1.77. The van der Waals surface area contributed by atoms with Crippen LogP contribution in [-0.2, 0) is 6.61 Å². The molecule has 27 heavy (non-hydrogen) atoms. The normalized spacial score (nSPS) is 10.8. The quantitative estimate of drug-likeness (QED) is 0.441. The van der Waals surface area contributed by atoms with E-state index in [2.05, 4.69) is 19.9 Å². The summed E-state index contributed by atoms with van der Waals surface area (Å²) in [4.78, 5) is 35.2. The van der Waals surface area contributed by atoms with E-state index in [0.29, 0.717) is 17.9 Å². The molecule has 0 saturated heterocycles. The van der Waals surface area contributed by atoms with Crippen molar-refractivity contribution in [2.45, 2.75) is 6.61 Å². The van der Waals surface area contributed by atoms with E-state index in [1.165, 1.54) is 0 Å². The molecule has 0 unspecified atom stereocenters. The predicted molar refractivity (Wildman–Crippen MR) is 99.4 cm³/mol. The largest absolute Gasteiger partial charge is 0.489 e. The molecule has 0 aliphatic heterocycles. The SMILES string of the molecule is N=c1nc(-c2cccc(OCc3ccccc3)c2)c2c(=O)[nH]c(=O)[nH]c2[nH]1. The lowest BCUT2D eigenvalue weighted by Crippen LogP contribution is -2.26. The van der Waals surface area contributed by atoms with Gasteiger partial charge in [-0.15, -0.1) is 0 Å². The van der Waals surface area contributed by atoms with Crippen molar-refractivity contribution >= 4 is 11.0 Å². The first-order chi connectivity index (χ1) is 13.1. The molecule has 8 heteroatoms.